The molecule has 0 aromatic heterocycles. The van der Waals surface area contributed by atoms with Crippen molar-refractivity contribution in [2.24, 2.45) is 5.41 Å². The van der Waals surface area contributed by atoms with E-state index in [0.717, 1.165) is 12.8 Å². The summed E-state index contributed by atoms with van der Waals surface area (Å²) in [7, 11) is 0. The van der Waals surface area contributed by atoms with Gasteiger partial charge in [0.1, 0.15) is 13.2 Å². The number of esters is 1. The fourth-order valence-corrected chi connectivity index (χ4v) is 1.40. The number of hydrogen-bond acceptors (Lipinski definition) is 4. The van der Waals surface area contributed by atoms with Gasteiger partial charge in [-0.3, -0.25) is 4.79 Å². The van der Waals surface area contributed by atoms with Gasteiger partial charge in [0.05, 0.1) is 5.41 Å². The Balaban J connectivity index is 3.55. The van der Waals surface area contributed by atoms with Gasteiger partial charge in [-0.2, -0.15) is 0 Å². The number of unbranched alkanes of at least 4 members (excludes halogenated alkanes) is 3. The zero-order valence-electron chi connectivity index (χ0n) is 13.3. The molecule has 0 fully saturated rings. The zero-order chi connectivity index (χ0) is 15.4. The lowest BCUT2D eigenvalue weighted by Crippen LogP contribution is -2.29. The van der Waals surface area contributed by atoms with Gasteiger partial charge in [-0.15, -0.1) is 0 Å². The number of carbonyl (C=O) groups excluding carboxylic acids is 2. The van der Waals surface area contributed by atoms with E-state index in [1.807, 2.05) is 20.8 Å². The highest BCUT2D eigenvalue weighted by Gasteiger charge is 2.26. The van der Waals surface area contributed by atoms with E-state index in [9.17, 15) is 9.59 Å². The summed E-state index contributed by atoms with van der Waals surface area (Å²) in [5.41, 5.74) is -0.485. The lowest BCUT2D eigenvalue weighted by Gasteiger charge is -2.20. The summed E-state index contributed by atoms with van der Waals surface area (Å²) in [5, 5.41) is 2.67. The van der Waals surface area contributed by atoms with Crippen molar-refractivity contribution in [1.82, 2.24) is 5.32 Å². The van der Waals surface area contributed by atoms with Crippen molar-refractivity contribution in [3.8, 4) is 0 Å². The van der Waals surface area contributed by atoms with Gasteiger partial charge in [-0.1, -0.05) is 33.1 Å². The van der Waals surface area contributed by atoms with E-state index in [1.165, 1.54) is 12.8 Å². The Bertz CT molecular complexity index is 290. The Morgan fingerprint density at radius 2 is 1.65 bits per heavy atom. The van der Waals surface area contributed by atoms with Crippen molar-refractivity contribution in [1.29, 1.82) is 0 Å². The summed E-state index contributed by atoms with van der Waals surface area (Å²) in [5.74, 6) is -0.261. The van der Waals surface area contributed by atoms with Gasteiger partial charge in [0.2, 0.25) is 0 Å². The number of ether oxygens (including phenoxy) is 2. The molecule has 0 aliphatic rings. The molecule has 0 atom stereocenters. The average Bonchev–Trinajstić information content (AvgIpc) is 2.43. The Hall–Kier alpha value is -1.26. The summed E-state index contributed by atoms with van der Waals surface area (Å²) in [4.78, 5) is 22.9. The molecule has 0 bridgehead atoms. The molecular formula is C15H29NO4. The molecule has 118 valence electrons. The molecule has 0 aliphatic carbocycles. The summed E-state index contributed by atoms with van der Waals surface area (Å²) in [6.45, 7) is 8.56. The minimum Gasteiger partial charge on any atom is -0.462 e. The van der Waals surface area contributed by atoms with E-state index in [4.69, 9.17) is 9.47 Å². The molecule has 0 aromatic rings. The minimum absolute atomic E-state index is 0.0896. The highest BCUT2D eigenvalue weighted by atomic mass is 16.6. The van der Waals surface area contributed by atoms with Crippen LogP contribution in [0.1, 0.15) is 59.8 Å². The van der Waals surface area contributed by atoms with E-state index >= 15 is 0 Å². The van der Waals surface area contributed by atoms with Crippen LogP contribution < -0.4 is 5.32 Å². The molecule has 1 N–H and O–H groups in total. The molecule has 0 aromatic carbocycles. The third kappa shape index (κ3) is 8.77. The number of amides is 1. The minimum atomic E-state index is -0.485. The summed E-state index contributed by atoms with van der Waals surface area (Å²) >= 11 is 0. The normalized spacial score (nSPS) is 11.0. The predicted octanol–water partition coefficient (Wildman–Crippen LogP) is 3.27. The summed E-state index contributed by atoms with van der Waals surface area (Å²) < 4.78 is 9.98. The largest absolute Gasteiger partial charge is 0.462 e. The van der Waals surface area contributed by atoms with Gasteiger partial charge in [0.25, 0.3) is 0 Å². The van der Waals surface area contributed by atoms with Crippen molar-refractivity contribution in [2.45, 2.75) is 59.8 Å². The van der Waals surface area contributed by atoms with Crippen LogP contribution in [0.2, 0.25) is 0 Å². The number of hydrogen-bond donors (Lipinski definition) is 1. The molecule has 0 saturated heterocycles. The average molecular weight is 287 g/mol. The molecule has 0 spiro atoms. The van der Waals surface area contributed by atoms with Crippen LogP contribution in [-0.4, -0.2) is 31.8 Å². The predicted molar refractivity (Wildman–Crippen MR) is 78.5 cm³/mol. The lowest BCUT2D eigenvalue weighted by molar-refractivity contribution is -0.155. The van der Waals surface area contributed by atoms with Gasteiger partial charge in [0.15, 0.2) is 0 Å². The van der Waals surface area contributed by atoms with Gasteiger partial charge in [-0.05, 0) is 26.7 Å². The molecule has 0 aliphatic heterocycles. The smallest absolute Gasteiger partial charge is 0.407 e. The van der Waals surface area contributed by atoms with Crippen LogP contribution >= 0.6 is 0 Å². The molecule has 0 unspecified atom stereocenters. The molecule has 0 radical (unpaired) electrons. The second-order valence-electron chi connectivity index (χ2n) is 5.50. The first-order valence-electron chi connectivity index (χ1n) is 7.52. The van der Waals surface area contributed by atoms with Crippen LogP contribution in [0.25, 0.3) is 0 Å². The van der Waals surface area contributed by atoms with E-state index in [-0.39, 0.29) is 19.2 Å². The van der Waals surface area contributed by atoms with E-state index in [1.54, 1.807) is 0 Å². The van der Waals surface area contributed by atoms with Crippen molar-refractivity contribution in [2.75, 3.05) is 19.8 Å². The van der Waals surface area contributed by atoms with E-state index < -0.39 is 11.5 Å². The van der Waals surface area contributed by atoms with Gasteiger partial charge in [0, 0.05) is 6.54 Å². The SMILES string of the molecule is CCCCCCNC(=O)OCCOC(=O)C(C)(C)CC. The molecule has 5 nitrogen and oxygen atoms in total. The first-order chi connectivity index (χ1) is 9.44. The fourth-order valence-electron chi connectivity index (χ4n) is 1.40. The standard InChI is InChI=1S/C15H29NO4/c1-5-7-8-9-10-16-14(18)20-12-11-19-13(17)15(3,4)6-2/h5-12H2,1-4H3,(H,16,18). The molecule has 0 saturated carbocycles. The van der Waals surface area contributed by atoms with Gasteiger partial charge >= 0.3 is 12.1 Å². The number of rotatable bonds is 10. The number of alkyl carbamates (subject to hydrolysis) is 1. The molecule has 1 amide bonds. The maximum Gasteiger partial charge on any atom is 0.407 e. The Morgan fingerprint density at radius 1 is 1.00 bits per heavy atom. The van der Waals surface area contributed by atoms with Crippen LogP contribution in [0.4, 0.5) is 4.79 Å². The highest BCUT2D eigenvalue weighted by molar-refractivity contribution is 5.75. The monoisotopic (exact) mass is 287 g/mol. The fraction of sp³-hybridized carbons (Fsp3) is 0.867. The van der Waals surface area contributed by atoms with E-state index in [0.29, 0.717) is 13.0 Å². The van der Waals surface area contributed by atoms with Crippen LogP contribution in [-0.2, 0) is 14.3 Å². The van der Waals surface area contributed by atoms with Crippen LogP contribution in [0.3, 0.4) is 0 Å². The lowest BCUT2D eigenvalue weighted by atomic mass is 9.91. The van der Waals surface area contributed by atoms with Crippen molar-refractivity contribution in [3.63, 3.8) is 0 Å². The quantitative estimate of drug-likeness (QED) is 0.495. The highest BCUT2D eigenvalue weighted by Crippen LogP contribution is 2.21. The molecule has 0 heterocycles. The summed E-state index contributed by atoms with van der Waals surface area (Å²) in [6.07, 6.45) is 4.69. The van der Waals surface area contributed by atoms with Crippen LogP contribution in [0, 0.1) is 5.41 Å². The topological polar surface area (TPSA) is 64.6 Å². The van der Waals surface area contributed by atoms with Crippen molar-refractivity contribution >= 4 is 12.1 Å². The van der Waals surface area contributed by atoms with E-state index in [2.05, 4.69) is 12.2 Å². The Kier molecular flexibility index (Phi) is 9.86. The Labute approximate surface area is 122 Å². The first kappa shape index (κ1) is 18.7. The second-order valence-corrected chi connectivity index (χ2v) is 5.50. The van der Waals surface area contributed by atoms with Crippen LogP contribution in [0.15, 0.2) is 0 Å². The third-order valence-corrected chi connectivity index (χ3v) is 3.29. The maximum absolute atomic E-state index is 11.6. The molecule has 20 heavy (non-hydrogen) atoms. The third-order valence-electron chi connectivity index (χ3n) is 3.29. The zero-order valence-corrected chi connectivity index (χ0v) is 13.3. The van der Waals surface area contributed by atoms with Crippen LogP contribution in [0.5, 0.6) is 0 Å². The van der Waals surface area contributed by atoms with Gasteiger partial charge < -0.3 is 14.8 Å². The molecule has 5 heteroatoms. The molecular weight excluding hydrogens is 258 g/mol. The second kappa shape index (κ2) is 10.5. The molecule has 0 rings (SSSR count). The number of nitrogens with one attached hydrogen (secondary N) is 1. The summed E-state index contributed by atoms with van der Waals surface area (Å²) in [6, 6.07) is 0. The van der Waals surface area contributed by atoms with Gasteiger partial charge in [-0.25, -0.2) is 4.79 Å². The van der Waals surface area contributed by atoms with Crippen molar-refractivity contribution < 1.29 is 19.1 Å². The maximum atomic E-state index is 11.6. The number of carbonyl (C=O) groups is 2. The Morgan fingerprint density at radius 3 is 2.25 bits per heavy atom. The van der Waals surface area contributed by atoms with Crippen molar-refractivity contribution in [3.05, 3.63) is 0 Å². The first-order valence-corrected chi connectivity index (χ1v) is 7.52.